The lowest BCUT2D eigenvalue weighted by Crippen LogP contribution is -2.32. The van der Waals surface area contributed by atoms with Gasteiger partial charge in [-0.1, -0.05) is 0 Å². The van der Waals surface area contributed by atoms with Gasteiger partial charge >= 0.3 is 5.97 Å². The number of ether oxygens (including phenoxy) is 1. The van der Waals surface area contributed by atoms with Gasteiger partial charge in [-0.25, -0.2) is 13.2 Å². The van der Waals surface area contributed by atoms with Crippen LogP contribution in [0.15, 0.2) is 11.0 Å². The number of benzene rings is 1. The molecule has 2 bridgehead atoms. The zero-order chi connectivity index (χ0) is 20.6. The molecule has 0 aliphatic carbocycles. The lowest BCUT2D eigenvalue weighted by Gasteiger charge is -2.24. The molecule has 28 heavy (non-hydrogen) atoms. The van der Waals surface area contributed by atoms with Crippen molar-refractivity contribution in [2.45, 2.75) is 69.5 Å². The van der Waals surface area contributed by atoms with Crippen LogP contribution in [-0.2, 0) is 27.3 Å². The summed E-state index contributed by atoms with van der Waals surface area (Å²) in [5.41, 5.74) is 3.09. The van der Waals surface area contributed by atoms with E-state index < -0.39 is 20.6 Å². The third-order valence-corrected chi connectivity index (χ3v) is 7.02. The standard InChI is InChI=1S/C20H25ClN2O4S/c1-10-8-14(28(21,25)26)16(19(24)27-20(2,3)4)17-15-12-7-6-11(22-12)9-13(15)23(5)18(10)17/h8,11-12,22H,6-7,9H2,1-5H3. The smallest absolute Gasteiger partial charge is 0.340 e. The van der Waals surface area contributed by atoms with Gasteiger partial charge in [0.25, 0.3) is 9.05 Å². The molecule has 152 valence electrons. The average molecular weight is 425 g/mol. The summed E-state index contributed by atoms with van der Waals surface area (Å²) in [7, 11) is 3.60. The van der Waals surface area contributed by atoms with Crippen molar-refractivity contribution in [2.75, 3.05) is 0 Å². The zero-order valence-electron chi connectivity index (χ0n) is 16.7. The minimum atomic E-state index is -4.14. The molecule has 2 aliphatic rings. The van der Waals surface area contributed by atoms with Gasteiger partial charge in [0.2, 0.25) is 0 Å². The molecule has 1 fully saturated rings. The Morgan fingerprint density at radius 3 is 2.61 bits per heavy atom. The Bertz CT molecular complexity index is 1110. The quantitative estimate of drug-likeness (QED) is 0.587. The number of nitrogens with zero attached hydrogens (tertiary/aromatic N) is 1. The van der Waals surface area contributed by atoms with Crippen molar-refractivity contribution in [2.24, 2.45) is 7.05 Å². The SMILES string of the molecule is Cc1cc(S(=O)(=O)Cl)c(C(=O)OC(C)(C)C)c2c3c(n(C)c12)CC1CCC3N1. The van der Waals surface area contributed by atoms with Gasteiger partial charge in [0.1, 0.15) is 5.60 Å². The first-order valence-corrected chi connectivity index (χ1v) is 11.8. The molecule has 1 N–H and O–H groups in total. The van der Waals surface area contributed by atoms with Gasteiger partial charge in [-0.05, 0) is 57.7 Å². The molecule has 1 saturated heterocycles. The zero-order valence-corrected chi connectivity index (χ0v) is 18.3. The van der Waals surface area contributed by atoms with Gasteiger partial charge in [0, 0.05) is 47.3 Å². The summed E-state index contributed by atoms with van der Waals surface area (Å²) in [6, 6.07) is 2.01. The fraction of sp³-hybridized carbons (Fsp3) is 0.550. The number of hydrogen-bond donors (Lipinski definition) is 1. The van der Waals surface area contributed by atoms with Crippen molar-refractivity contribution >= 4 is 36.6 Å². The van der Waals surface area contributed by atoms with Crippen LogP contribution in [0.25, 0.3) is 10.9 Å². The Balaban J connectivity index is 2.12. The molecule has 0 amide bonds. The molecule has 0 saturated carbocycles. The summed E-state index contributed by atoms with van der Waals surface area (Å²) in [5, 5.41) is 4.25. The average Bonchev–Trinajstić information content (AvgIpc) is 3.05. The topological polar surface area (TPSA) is 77.4 Å². The minimum absolute atomic E-state index is 0.0505. The number of aromatic nitrogens is 1. The van der Waals surface area contributed by atoms with Crippen molar-refractivity contribution in [3.63, 3.8) is 0 Å². The number of aryl methyl sites for hydroxylation is 2. The number of esters is 1. The molecule has 2 unspecified atom stereocenters. The van der Waals surface area contributed by atoms with Crippen molar-refractivity contribution in [1.82, 2.24) is 9.88 Å². The third kappa shape index (κ3) is 3.04. The summed E-state index contributed by atoms with van der Waals surface area (Å²) < 4.78 is 32.5. The van der Waals surface area contributed by atoms with Crippen LogP contribution >= 0.6 is 10.7 Å². The molecule has 2 aromatic rings. The first-order valence-electron chi connectivity index (χ1n) is 9.47. The van der Waals surface area contributed by atoms with Crippen molar-refractivity contribution in [1.29, 1.82) is 0 Å². The van der Waals surface area contributed by atoms with Crippen LogP contribution in [0.3, 0.4) is 0 Å². The second kappa shape index (κ2) is 6.21. The molecule has 2 aliphatic heterocycles. The van der Waals surface area contributed by atoms with E-state index in [0.29, 0.717) is 11.4 Å². The maximum absolute atomic E-state index is 13.2. The van der Waals surface area contributed by atoms with E-state index in [2.05, 4.69) is 9.88 Å². The summed E-state index contributed by atoms with van der Waals surface area (Å²) in [5.74, 6) is -0.662. The number of nitrogens with one attached hydrogen (secondary N) is 1. The summed E-state index contributed by atoms with van der Waals surface area (Å²) in [4.78, 5) is 13.0. The van der Waals surface area contributed by atoms with Crippen LogP contribution in [0.5, 0.6) is 0 Å². The maximum atomic E-state index is 13.2. The van der Waals surface area contributed by atoms with Gasteiger partial charge in [-0.15, -0.1) is 0 Å². The minimum Gasteiger partial charge on any atom is -0.456 e. The molecule has 6 nitrogen and oxygen atoms in total. The number of carbonyl (C=O) groups excluding carboxylic acids is 1. The summed E-state index contributed by atoms with van der Waals surface area (Å²) in [6.07, 6.45) is 2.88. The highest BCUT2D eigenvalue weighted by Crippen LogP contribution is 2.45. The van der Waals surface area contributed by atoms with Crippen LogP contribution in [0.2, 0.25) is 0 Å². The molecule has 4 rings (SSSR count). The summed E-state index contributed by atoms with van der Waals surface area (Å²) >= 11 is 0. The Kier molecular flexibility index (Phi) is 4.38. The van der Waals surface area contributed by atoms with E-state index >= 15 is 0 Å². The molecule has 0 spiro atoms. The van der Waals surface area contributed by atoms with Gasteiger partial charge in [0.05, 0.1) is 16.0 Å². The second-order valence-corrected chi connectivity index (χ2v) is 11.4. The first-order chi connectivity index (χ1) is 12.9. The second-order valence-electron chi connectivity index (χ2n) is 8.85. The predicted octanol–water partition coefficient (Wildman–Crippen LogP) is 3.72. The van der Waals surface area contributed by atoms with Gasteiger partial charge in [-0.2, -0.15) is 0 Å². The number of halogens is 1. The monoisotopic (exact) mass is 424 g/mol. The van der Waals surface area contributed by atoms with E-state index in [1.165, 1.54) is 6.07 Å². The van der Waals surface area contributed by atoms with Crippen molar-refractivity contribution in [3.05, 3.63) is 28.5 Å². The molecule has 1 aromatic heterocycles. The molecule has 8 heteroatoms. The summed E-state index contributed by atoms with van der Waals surface area (Å²) in [6.45, 7) is 7.13. The molecular weight excluding hydrogens is 400 g/mol. The Labute approximate surface area is 169 Å². The van der Waals surface area contributed by atoms with Crippen molar-refractivity contribution in [3.8, 4) is 0 Å². The third-order valence-electron chi connectivity index (χ3n) is 5.67. The normalized spacial score (nSPS) is 21.8. The Morgan fingerprint density at radius 1 is 1.32 bits per heavy atom. The van der Waals surface area contributed by atoms with Crippen LogP contribution in [-0.4, -0.2) is 30.6 Å². The maximum Gasteiger partial charge on any atom is 0.340 e. The van der Waals surface area contributed by atoms with Gasteiger partial charge < -0.3 is 14.6 Å². The van der Waals surface area contributed by atoms with Crippen molar-refractivity contribution < 1.29 is 17.9 Å². The van der Waals surface area contributed by atoms with Gasteiger partial charge in [0.15, 0.2) is 0 Å². The Morgan fingerprint density at radius 2 is 2.00 bits per heavy atom. The lowest BCUT2D eigenvalue weighted by atomic mass is 9.95. The number of rotatable bonds is 2. The highest BCUT2D eigenvalue weighted by atomic mass is 35.7. The predicted molar refractivity (Wildman–Crippen MR) is 108 cm³/mol. The van der Waals surface area contributed by atoms with E-state index in [0.717, 1.165) is 41.6 Å². The van der Waals surface area contributed by atoms with Crippen LogP contribution in [0, 0.1) is 6.92 Å². The fourth-order valence-electron chi connectivity index (χ4n) is 4.72. The molecular formula is C20H25ClN2O4S. The Hall–Kier alpha value is -1.57. The highest BCUT2D eigenvalue weighted by Gasteiger charge is 2.39. The van der Waals surface area contributed by atoms with Crippen LogP contribution in [0.4, 0.5) is 0 Å². The highest BCUT2D eigenvalue weighted by molar-refractivity contribution is 8.13. The molecule has 1 aromatic carbocycles. The number of carbonyl (C=O) groups is 1. The first kappa shape index (κ1) is 19.7. The fourth-order valence-corrected chi connectivity index (χ4v) is 5.83. The van der Waals surface area contributed by atoms with E-state index in [-0.39, 0.29) is 16.5 Å². The molecule has 3 heterocycles. The lowest BCUT2D eigenvalue weighted by molar-refractivity contribution is 0.00676. The van der Waals surface area contributed by atoms with Crippen LogP contribution < -0.4 is 5.32 Å². The van der Waals surface area contributed by atoms with E-state index in [9.17, 15) is 13.2 Å². The largest absolute Gasteiger partial charge is 0.456 e. The van der Waals surface area contributed by atoms with E-state index in [4.69, 9.17) is 15.4 Å². The van der Waals surface area contributed by atoms with Gasteiger partial charge in [-0.3, -0.25) is 0 Å². The van der Waals surface area contributed by atoms with E-state index in [1.807, 2.05) is 14.0 Å². The molecule has 0 radical (unpaired) electrons. The number of hydrogen-bond acceptors (Lipinski definition) is 5. The number of fused-ring (bicyclic) bond motifs is 6. The molecule has 2 atom stereocenters. The van der Waals surface area contributed by atoms with Crippen LogP contribution in [0.1, 0.15) is 66.8 Å². The van der Waals surface area contributed by atoms with E-state index in [1.54, 1.807) is 20.8 Å².